The minimum absolute atomic E-state index is 0.107. The lowest BCUT2D eigenvalue weighted by Gasteiger charge is -2.23. The van der Waals surface area contributed by atoms with Crippen LogP contribution in [-0.4, -0.2) is 17.0 Å². The van der Waals surface area contributed by atoms with Crippen LogP contribution in [0.2, 0.25) is 0 Å². The number of carbonyl (C=O) groups excluding carboxylic acids is 1. The molecule has 0 aliphatic carbocycles. The second-order valence-corrected chi connectivity index (χ2v) is 5.80. The maximum atomic E-state index is 12.3. The van der Waals surface area contributed by atoms with Crippen molar-refractivity contribution >= 4 is 11.9 Å². The monoisotopic (exact) mass is 301 g/mol. The number of carbonyl (C=O) groups is 2. The molecule has 0 unspecified atom stereocenters. The molecule has 1 aromatic carbocycles. The largest absolute Gasteiger partial charge is 0.475 e. The number of hydrogen-bond acceptors (Lipinski definition) is 3. The van der Waals surface area contributed by atoms with Gasteiger partial charge in [-0.3, -0.25) is 4.79 Å². The fourth-order valence-corrected chi connectivity index (χ4v) is 2.18. The van der Waals surface area contributed by atoms with Crippen LogP contribution >= 0.6 is 0 Å². The fourth-order valence-electron chi connectivity index (χ4n) is 2.18. The Morgan fingerprint density at radius 2 is 1.82 bits per heavy atom. The van der Waals surface area contributed by atoms with Gasteiger partial charge in [-0.05, 0) is 24.1 Å². The van der Waals surface area contributed by atoms with Crippen molar-refractivity contribution in [2.45, 2.75) is 26.8 Å². The molecule has 116 valence electrons. The van der Waals surface area contributed by atoms with E-state index in [2.05, 4.69) is 5.32 Å². The average molecular weight is 301 g/mol. The van der Waals surface area contributed by atoms with Gasteiger partial charge in [-0.25, -0.2) is 4.79 Å². The van der Waals surface area contributed by atoms with Crippen LogP contribution in [0.15, 0.2) is 46.9 Å². The Labute approximate surface area is 129 Å². The third-order valence-electron chi connectivity index (χ3n) is 3.40. The van der Waals surface area contributed by atoms with E-state index in [9.17, 15) is 9.59 Å². The SMILES string of the molecule is CC(C)(Cc1ccccc1)C(=O)NCc1ccc(C(=O)O)o1. The zero-order chi connectivity index (χ0) is 16.2. The average Bonchev–Trinajstić information content (AvgIpc) is 2.94. The molecular formula is C17H19NO4. The van der Waals surface area contributed by atoms with Crippen LogP contribution in [0.3, 0.4) is 0 Å². The molecule has 0 saturated heterocycles. The summed E-state index contributed by atoms with van der Waals surface area (Å²) in [4.78, 5) is 23.0. The fraction of sp³-hybridized carbons (Fsp3) is 0.294. The Morgan fingerprint density at radius 3 is 2.41 bits per heavy atom. The van der Waals surface area contributed by atoms with Gasteiger partial charge in [0.15, 0.2) is 0 Å². The molecule has 22 heavy (non-hydrogen) atoms. The van der Waals surface area contributed by atoms with E-state index in [1.165, 1.54) is 6.07 Å². The molecule has 0 saturated carbocycles. The first-order valence-electron chi connectivity index (χ1n) is 7.03. The summed E-state index contributed by atoms with van der Waals surface area (Å²) in [7, 11) is 0. The van der Waals surface area contributed by atoms with Gasteiger partial charge in [0.05, 0.1) is 6.54 Å². The molecule has 0 aliphatic rings. The maximum Gasteiger partial charge on any atom is 0.371 e. The van der Waals surface area contributed by atoms with Crippen molar-refractivity contribution in [1.82, 2.24) is 5.32 Å². The lowest BCUT2D eigenvalue weighted by molar-refractivity contribution is -0.129. The molecule has 5 nitrogen and oxygen atoms in total. The standard InChI is InChI=1S/C17H19NO4/c1-17(2,10-12-6-4-3-5-7-12)16(21)18-11-13-8-9-14(22-13)15(19)20/h3-9H,10-11H2,1-2H3,(H,18,21)(H,19,20). The predicted octanol–water partition coefficient (Wildman–Crippen LogP) is 2.86. The third kappa shape index (κ3) is 3.97. The van der Waals surface area contributed by atoms with Gasteiger partial charge in [-0.15, -0.1) is 0 Å². The number of hydrogen-bond donors (Lipinski definition) is 2. The van der Waals surface area contributed by atoms with Gasteiger partial charge in [0, 0.05) is 5.41 Å². The van der Waals surface area contributed by atoms with Crippen LogP contribution in [-0.2, 0) is 17.8 Å². The molecule has 0 spiro atoms. The Kier molecular flexibility index (Phi) is 4.65. The first kappa shape index (κ1) is 15.8. The second kappa shape index (κ2) is 6.47. The molecule has 2 N–H and O–H groups in total. The quantitative estimate of drug-likeness (QED) is 0.860. The van der Waals surface area contributed by atoms with E-state index in [0.29, 0.717) is 12.2 Å². The van der Waals surface area contributed by atoms with E-state index < -0.39 is 11.4 Å². The first-order chi connectivity index (χ1) is 10.4. The van der Waals surface area contributed by atoms with E-state index in [4.69, 9.17) is 9.52 Å². The molecule has 2 rings (SSSR count). The molecule has 0 fully saturated rings. The molecule has 0 radical (unpaired) electrons. The topological polar surface area (TPSA) is 79.5 Å². The van der Waals surface area contributed by atoms with Crippen LogP contribution < -0.4 is 5.32 Å². The first-order valence-corrected chi connectivity index (χ1v) is 7.03. The normalized spacial score (nSPS) is 11.2. The second-order valence-electron chi connectivity index (χ2n) is 5.80. The zero-order valence-corrected chi connectivity index (χ0v) is 12.6. The molecule has 1 amide bonds. The Balaban J connectivity index is 1.94. The van der Waals surface area contributed by atoms with Gasteiger partial charge >= 0.3 is 5.97 Å². The number of nitrogens with one attached hydrogen (secondary N) is 1. The van der Waals surface area contributed by atoms with Gasteiger partial charge in [-0.1, -0.05) is 44.2 Å². The molecule has 1 heterocycles. The van der Waals surface area contributed by atoms with Crippen LogP contribution in [0.1, 0.15) is 35.7 Å². The van der Waals surface area contributed by atoms with Crippen LogP contribution in [0.5, 0.6) is 0 Å². The van der Waals surface area contributed by atoms with Gasteiger partial charge in [0.1, 0.15) is 5.76 Å². The minimum atomic E-state index is -1.12. The van der Waals surface area contributed by atoms with Crippen LogP contribution in [0.25, 0.3) is 0 Å². The van der Waals surface area contributed by atoms with Crippen molar-refractivity contribution in [1.29, 1.82) is 0 Å². The number of carboxylic acid groups (broad SMARTS) is 1. The maximum absolute atomic E-state index is 12.3. The van der Waals surface area contributed by atoms with Crippen LogP contribution in [0.4, 0.5) is 0 Å². The molecule has 2 aromatic rings. The summed E-state index contributed by atoms with van der Waals surface area (Å²) in [6.45, 7) is 3.92. The van der Waals surface area contributed by atoms with Crippen molar-refractivity contribution in [2.75, 3.05) is 0 Å². The summed E-state index contributed by atoms with van der Waals surface area (Å²) in [5.41, 5.74) is 0.526. The van der Waals surface area contributed by atoms with E-state index >= 15 is 0 Å². The van der Waals surface area contributed by atoms with Crippen molar-refractivity contribution in [3.63, 3.8) is 0 Å². The molecule has 0 bridgehead atoms. The third-order valence-corrected chi connectivity index (χ3v) is 3.40. The van der Waals surface area contributed by atoms with Gasteiger partial charge in [-0.2, -0.15) is 0 Å². The molecular weight excluding hydrogens is 282 g/mol. The van der Waals surface area contributed by atoms with Crippen molar-refractivity contribution in [3.05, 3.63) is 59.5 Å². The lowest BCUT2D eigenvalue weighted by Crippen LogP contribution is -2.37. The highest BCUT2D eigenvalue weighted by molar-refractivity contribution is 5.84. The van der Waals surface area contributed by atoms with E-state index in [1.54, 1.807) is 6.07 Å². The van der Waals surface area contributed by atoms with Crippen molar-refractivity contribution < 1.29 is 19.1 Å². The number of aromatic carboxylic acids is 1. The Bertz CT molecular complexity index is 658. The summed E-state index contributed by atoms with van der Waals surface area (Å²) in [5, 5.41) is 11.6. The summed E-state index contributed by atoms with van der Waals surface area (Å²) < 4.78 is 5.11. The van der Waals surface area contributed by atoms with E-state index in [-0.39, 0.29) is 18.2 Å². The number of benzene rings is 1. The molecule has 5 heteroatoms. The van der Waals surface area contributed by atoms with Crippen molar-refractivity contribution in [3.8, 4) is 0 Å². The summed E-state index contributed by atoms with van der Waals surface area (Å²) in [6.07, 6.45) is 0.623. The Morgan fingerprint density at radius 1 is 1.14 bits per heavy atom. The highest BCUT2D eigenvalue weighted by Crippen LogP contribution is 2.22. The lowest BCUT2D eigenvalue weighted by atomic mass is 9.85. The summed E-state index contributed by atoms with van der Waals surface area (Å²) >= 11 is 0. The number of amides is 1. The van der Waals surface area contributed by atoms with Gasteiger partial charge < -0.3 is 14.8 Å². The van der Waals surface area contributed by atoms with Gasteiger partial charge in [0.2, 0.25) is 11.7 Å². The minimum Gasteiger partial charge on any atom is -0.475 e. The smallest absolute Gasteiger partial charge is 0.371 e. The zero-order valence-electron chi connectivity index (χ0n) is 12.6. The van der Waals surface area contributed by atoms with Gasteiger partial charge in [0.25, 0.3) is 0 Å². The predicted molar refractivity (Wildman–Crippen MR) is 81.4 cm³/mol. The Hall–Kier alpha value is -2.56. The highest BCUT2D eigenvalue weighted by atomic mass is 16.4. The number of carboxylic acids is 1. The summed E-state index contributed by atoms with van der Waals surface area (Å²) in [6, 6.07) is 12.7. The van der Waals surface area contributed by atoms with E-state index in [1.807, 2.05) is 44.2 Å². The highest BCUT2D eigenvalue weighted by Gasteiger charge is 2.27. The van der Waals surface area contributed by atoms with Crippen LogP contribution in [0, 0.1) is 5.41 Å². The molecule has 0 atom stereocenters. The summed E-state index contributed by atoms with van der Waals surface area (Å²) in [5.74, 6) is -0.944. The number of rotatable bonds is 6. The number of furan rings is 1. The van der Waals surface area contributed by atoms with E-state index in [0.717, 1.165) is 5.56 Å². The molecule has 0 aliphatic heterocycles. The van der Waals surface area contributed by atoms with Crippen molar-refractivity contribution in [2.24, 2.45) is 5.41 Å². The molecule has 1 aromatic heterocycles.